The van der Waals surface area contributed by atoms with Crippen LogP contribution in [0.3, 0.4) is 0 Å². The van der Waals surface area contributed by atoms with Gasteiger partial charge in [0.2, 0.25) is 5.91 Å². The van der Waals surface area contributed by atoms with E-state index >= 15 is 0 Å². The molecule has 0 saturated carbocycles. The standard InChI is InChI=1S/C13H13BrN2O2/c1-8-12(18-9(2)15-8)7-13(17)16-11-5-3-4-10(14)6-11/h3-6H,7H2,1-2H3,(H,16,17). The van der Waals surface area contributed by atoms with Gasteiger partial charge in [-0.05, 0) is 25.1 Å². The largest absolute Gasteiger partial charge is 0.445 e. The summed E-state index contributed by atoms with van der Waals surface area (Å²) in [6.45, 7) is 3.60. The van der Waals surface area contributed by atoms with Crippen LogP contribution in [0.25, 0.3) is 0 Å². The van der Waals surface area contributed by atoms with Crippen LogP contribution in [0.15, 0.2) is 33.2 Å². The van der Waals surface area contributed by atoms with Gasteiger partial charge in [-0.15, -0.1) is 0 Å². The van der Waals surface area contributed by atoms with Crippen LogP contribution in [0.1, 0.15) is 17.3 Å². The predicted octanol–water partition coefficient (Wildman–Crippen LogP) is 3.24. The number of aryl methyl sites for hydroxylation is 2. The number of carbonyl (C=O) groups excluding carboxylic acids is 1. The van der Waals surface area contributed by atoms with E-state index in [9.17, 15) is 4.79 Å². The Labute approximate surface area is 114 Å². The monoisotopic (exact) mass is 308 g/mol. The van der Waals surface area contributed by atoms with Crippen molar-refractivity contribution < 1.29 is 9.21 Å². The summed E-state index contributed by atoms with van der Waals surface area (Å²) in [6, 6.07) is 7.45. The first-order chi connectivity index (χ1) is 8.54. The van der Waals surface area contributed by atoms with E-state index in [1.165, 1.54) is 0 Å². The average molecular weight is 309 g/mol. The maximum atomic E-state index is 11.8. The second-order valence-electron chi connectivity index (χ2n) is 3.98. The first-order valence-electron chi connectivity index (χ1n) is 5.53. The van der Waals surface area contributed by atoms with Crippen LogP contribution < -0.4 is 5.32 Å². The number of hydrogen-bond donors (Lipinski definition) is 1. The minimum absolute atomic E-state index is 0.118. The van der Waals surface area contributed by atoms with E-state index in [1.807, 2.05) is 31.2 Å². The lowest BCUT2D eigenvalue weighted by atomic mass is 10.2. The number of nitrogens with zero attached hydrogens (tertiary/aromatic N) is 1. The maximum Gasteiger partial charge on any atom is 0.232 e. The molecule has 2 rings (SSSR count). The Morgan fingerprint density at radius 1 is 1.44 bits per heavy atom. The summed E-state index contributed by atoms with van der Waals surface area (Å²) >= 11 is 3.35. The van der Waals surface area contributed by atoms with Gasteiger partial charge in [-0.1, -0.05) is 22.0 Å². The number of aromatic nitrogens is 1. The van der Waals surface area contributed by atoms with Gasteiger partial charge >= 0.3 is 0 Å². The molecular weight excluding hydrogens is 296 g/mol. The summed E-state index contributed by atoms with van der Waals surface area (Å²) in [5.74, 6) is 1.07. The van der Waals surface area contributed by atoms with Crippen molar-refractivity contribution in [1.82, 2.24) is 4.98 Å². The zero-order chi connectivity index (χ0) is 13.1. The van der Waals surface area contributed by atoms with Crippen molar-refractivity contribution in [3.05, 3.63) is 46.1 Å². The van der Waals surface area contributed by atoms with E-state index in [1.54, 1.807) is 6.92 Å². The Morgan fingerprint density at radius 3 is 2.83 bits per heavy atom. The van der Waals surface area contributed by atoms with Crippen LogP contribution >= 0.6 is 15.9 Å². The van der Waals surface area contributed by atoms with E-state index in [2.05, 4.69) is 26.2 Å². The average Bonchev–Trinajstić information content (AvgIpc) is 2.57. The molecule has 18 heavy (non-hydrogen) atoms. The van der Waals surface area contributed by atoms with Crippen LogP contribution in [0.5, 0.6) is 0 Å². The quantitative estimate of drug-likeness (QED) is 0.947. The minimum Gasteiger partial charge on any atom is -0.445 e. The van der Waals surface area contributed by atoms with Crippen molar-refractivity contribution in [1.29, 1.82) is 0 Å². The Kier molecular flexibility index (Phi) is 3.81. The first kappa shape index (κ1) is 12.8. The highest BCUT2D eigenvalue weighted by Gasteiger charge is 2.12. The number of carbonyl (C=O) groups is 1. The molecule has 0 bridgehead atoms. The third kappa shape index (κ3) is 3.20. The van der Waals surface area contributed by atoms with E-state index in [0.717, 1.165) is 15.9 Å². The molecule has 1 N–H and O–H groups in total. The SMILES string of the molecule is Cc1nc(C)c(CC(=O)Nc2cccc(Br)c2)o1. The second kappa shape index (κ2) is 5.35. The van der Waals surface area contributed by atoms with Gasteiger partial charge in [0, 0.05) is 17.1 Å². The van der Waals surface area contributed by atoms with Crippen LogP contribution in [0, 0.1) is 13.8 Å². The number of nitrogens with one attached hydrogen (secondary N) is 1. The topological polar surface area (TPSA) is 55.1 Å². The van der Waals surface area contributed by atoms with Crippen molar-refractivity contribution >= 4 is 27.5 Å². The van der Waals surface area contributed by atoms with Crippen LogP contribution in [-0.4, -0.2) is 10.9 Å². The molecule has 94 valence electrons. The molecule has 1 aromatic carbocycles. The van der Waals surface area contributed by atoms with Crippen LogP contribution in [0.4, 0.5) is 5.69 Å². The fourth-order valence-corrected chi connectivity index (χ4v) is 2.05. The van der Waals surface area contributed by atoms with Crippen molar-refractivity contribution in [3.8, 4) is 0 Å². The lowest BCUT2D eigenvalue weighted by Crippen LogP contribution is -2.14. The Bertz CT molecular complexity index is 578. The zero-order valence-corrected chi connectivity index (χ0v) is 11.7. The summed E-state index contributed by atoms with van der Waals surface area (Å²) in [6.07, 6.45) is 0.194. The molecule has 0 aliphatic carbocycles. The molecule has 4 nitrogen and oxygen atoms in total. The smallest absolute Gasteiger partial charge is 0.232 e. The van der Waals surface area contributed by atoms with Crippen LogP contribution in [-0.2, 0) is 11.2 Å². The molecule has 0 unspecified atom stereocenters. The molecule has 0 saturated heterocycles. The Morgan fingerprint density at radius 2 is 2.22 bits per heavy atom. The number of halogens is 1. The summed E-state index contributed by atoms with van der Waals surface area (Å²) < 4.78 is 6.29. The molecule has 5 heteroatoms. The van der Waals surface area contributed by atoms with E-state index in [0.29, 0.717) is 11.7 Å². The summed E-state index contributed by atoms with van der Waals surface area (Å²) in [5, 5.41) is 2.81. The lowest BCUT2D eigenvalue weighted by Gasteiger charge is -2.04. The predicted molar refractivity (Wildman–Crippen MR) is 72.5 cm³/mol. The van der Waals surface area contributed by atoms with Gasteiger partial charge in [0.05, 0.1) is 12.1 Å². The normalized spacial score (nSPS) is 10.4. The molecule has 1 amide bonds. The fourth-order valence-electron chi connectivity index (χ4n) is 1.65. The summed E-state index contributed by atoms with van der Waals surface area (Å²) in [7, 11) is 0. The van der Waals surface area contributed by atoms with Gasteiger partial charge in [0.15, 0.2) is 5.89 Å². The van der Waals surface area contributed by atoms with Gasteiger partial charge < -0.3 is 9.73 Å². The number of amides is 1. The van der Waals surface area contributed by atoms with Gasteiger partial charge in [0.25, 0.3) is 0 Å². The number of benzene rings is 1. The van der Waals surface area contributed by atoms with Gasteiger partial charge in [0.1, 0.15) is 5.76 Å². The zero-order valence-electron chi connectivity index (χ0n) is 10.2. The van der Waals surface area contributed by atoms with E-state index in [-0.39, 0.29) is 12.3 Å². The molecule has 1 heterocycles. The van der Waals surface area contributed by atoms with Crippen LogP contribution in [0.2, 0.25) is 0 Å². The van der Waals surface area contributed by atoms with Crippen molar-refractivity contribution in [2.24, 2.45) is 0 Å². The van der Waals surface area contributed by atoms with Gasteiger partial charge in [-0.25, -0.2) is 4.98 Å². The van der Waals surface area contributed by atoms with Gasteiger partial charge in [-0.3, -0.25) is 4.79 Å². The summed E-state index contributed by atoms with van der Waals surface area (Å²) in [4.78, 5) is 16.0. The molecule has 0 spiro atoms. The van der Waals surface area contributed by atoms with Gasteiger partial charge in [-0.2, -0.15) is 0 Å². The molecule has 0 atom stereocenters. The highest BCUT2D eigenvalue weighted by molar-refractivity contribution is 9.10. The molecule has 1 aromatic heterocycles. The van der Waals surface area contributed by atoms with E-state index in [4.69, 9.17) is 4.42 Å². The maximum absolute atomic E-state index is 11.8. The second-order valence-corrected chi connectivity index (χ2v) is 4.89. The van der Waals surface area contributed by atoms with Crippen molar-refractivity contribution in [2.75, 3.05) is 5.32 Å². The molecule has 0 fully saturated rings. The number of anilines is 1. The molecule has 2 aromatic rings. The molecule has 0 radical (unpaired) electrons. The third-order valence-corrected chi connectivity index (χ3v) is 2.92. The Balaban J connectivity index is 2.03. The lowest BCUT2D eigenvalue weighted by molar-refractivity contribution is -0.115. The fraction of sp³-hybridized carbons (Fsp3) is 0.231. The molecule has 0 aliphatic heterocycles. The summed E-state index contributed by atoms with van der Waals surface area (Å²) in [5.41, 5.74) is 1.51. The molecular formula is C13H13BrN2O2. The molecule has 0 aliphatic rings. The Hall–Kier alpha value is -1.62. The minimum atomic E-state index is -0.118. The number of rotatable bonds is 3. The first-order valence-corrected chi connectivity index (χ1v) is 6.32. The van der Waals surface area contributed by atoms with Crippen molar-refractivity contribution in [3.63, 3.8) is 0 Å². The highest BCUT2D eigenvalue weighted by atomic mass is 79.9. The van der Waals surface area contributed by atoms with Crippen molar-refractivity contribution in [2.45, 2.75) is 20.3 Å². The highest BCUT2D eigenvalue weighted by Crippen LogP contribution is 2.16. The number of oxazole rings is 1. The number of hydrogen-bond acceptors (Lipinski definition) is 3. The van der Waals surface area contributed by atoms with E-state index < -0.39 is 0 Å². The third-order valence-electron chi connectivity index (χ3n) is 2.43.